The smallest absolute Gasteiger partial charge is 0.256 e. The number of hydrogen-bond donors (Lipinski definition) is 0. The molecule has 7 heterocycles. The van der Waals surface area contributed by atoms with Gasteiger partial charge in [-0.1, -0.05) is 255 Å². The van der Waals surface area contributed by atoms with Crippen LogP contribution in [0.1, 0.15) is 0 Å². The van der Waals surface area contributed by atoms with E-state index in [0.717, 1.165) is 130 Å². The number of thiophene rings is 3. The molecule has 0 aliphatic carbocycles. The molecule has 0 saturated heterocycles. The number of ether oxygens (including phenoxy) is 1. The van der Waals surface area contributed by atoms with E-state index in [-0.39, 0.29) is 13.4 Å². The van der Waals surface area contributed by atoms with Crippen molar-refractivity contribution in [2.24, 2.45) is 0 Å². The maximum atomic E-state index is 7.66. The maximum Gasteiger partial charge on any atom is 0.256 e. The fourth-order valence-corrected chi connectivity index (χ4v) is 22.5. The van der Waals surface area contributed by atoms with Crippen LogP contribution in [0.2, 0.25) is 0 Å². The zero-order valence-corrected chi connectivity index (χ0v) is 63.3. The third-order valence-electron chi connectivity index (χ3n) is 23.6. The molecule has 20 aromatic rings. The quantitative estimate of drug-likeness (QED) is 0.120. The van der Waals surface area contributed by atoms with Crippen LogP contribution < -0.4 is 62.0 Å². The summed E-state index contributed by atoms with van der Waals surface area (Å²) in [7, 11) is 0. The molecule has 4 aliphatic rings. The lowest BCUT2D eigenvalue weighted by Gasteiger charge is -2.47. The van der Waals surface area contributed by atoms with Crippen molar-refractivity contribution < 1.29 is 4.74 Å². The molecule has 11 heteroatoms. The molecule has 6 nitrogen and oxygen atoms in total. The summed E-state index contributed by atoms with van der Waals surface area (Å²) in [6.07, 6.45) is 0. The Morgan fingerprint density at radius 2 is 0.673 bits per heavy atom. The van der Waals surface area contributed by atoms with Crippen LogP contribution in [0.5, 0.6) is 11.5 Å². The summed E-state index contributed by atoms with van der Waals surface area (Å²) in [5.74, 6) is 1.66. The Hall–Kier alpha value is -13.7. The van der Waals surface area contributed by atoms with E-state index < -0.39 is 0 Å². The molecular formula is C102H63B2N5OS3. The highest BCUT2D eigenvalue weighted by atomic mass is 32.1. The number of anilines is 15. The topological polar surface area (TPSA) is 25.4 Å². The summed E-state index contributed by atoms with van der Waals surface area (Å²) in [6, 6.07) is 143. The van der Waals surface area contributed by atoms with Gasteiger partial charge in [0, 0.05) is 124 Å². The van der Waals surface area contributed by atoms with Crippen LogP contribution in [0.3, 0.4) is 0 Å². The predicted molar refractivity (Wildman–Crippen MR) is 485 cm³/mol. The van der Waals surface area contributed by atoms with Crippen LogP contribution in [0.4, 0.5) is 85.3 Å². The van der Waals surface area contributed by atoms with E-state index in [4.69, 9.17) is 4.74 Å². The molecule has 0 unspecified atom stereocenters. The van der Waals surface area contributed by atoms with E-state index >= 15 is 0 Å². The van der Waals surface area contributed by atoms with Gasteiger partial charge in [-0.15, -0.1) is 34.0 Å². The molecule has 526 valence electrons. The van der Waals surface area contributed by atoms with Crippen molar-refractivity contribution in [3.63, 3.8) is 0 Å². The molecule has 0 fully saturated rings. The van der Waals surface area contributed by atoms with Gasteiger partial charge in [-0.05, 0) is 165 Å². The second-order valence-electron chi connectivity index (χ2n) is 29.7. The molecule has 0 amide bonds. The molecule has 0 atom stereocenters. The van der Waals surface area contributed by atoms with Crippen LogP contribution in [-0.2, 0) is 0 Å². The van der Waals surface area contributed by atoms with Gasteiger partial charge in [-0.25, -0.2) is 0 Å². The Balaban J connectivity index is 0.866. The molecule has 0 N–H and O–H groups in total. The van der Waals surface area contributed by atoms with Gasteiger partial charge in [0.15, 0.2) is 0 Å². The third-order valence-corrected chi connectivity index (χ3v) is 27.1. The summed E-state index contributed by atoms with van der Waals surface area (Å²) in [4.78, 5) is 13.0. The summed E-state index contributed by atoms with van der Waals surface area (Å²) >= 11 is 5.58. The zero-order chi connectivity index (χ0) is 73.9. The Labute approximate surface area is 666 Å². The van der Waals surface area contributed by atoms with Crippen molar-refractivity contribution in [3.8, 4) is 33.8 Å². The number of hydrogen-bond acceptors (Lipinski definition) is 9. The summed E-state index contributed by atoms with van der Waals surface area (Å²) in [5.41, 5.74) is 27.6. The molecule has 0 saturated carbocycles. The lowest BCUT2D eigenvalue weighted by Crippen LogP contribution is -2.64. The Morgan fingerprint density at radius 3 is 1.28 bits per heavy atom. The molecule has 113 heavy (non-hydrogen) atoms. The average molecular weight is 1490 g/mol. The second-order valence-corrected chi connectivity index (χ2v) is 32.9. The van der Waals surface area contributed by atoms with Gasteiger partial charge < -0.3 is 29.2 Å². The monoisotopic (exact) mass is 1490 g/mol. The highest BCUT2D eigenvalue weighted by Gasteiger charge is 2.50. The minimum absolute atomic E-state index is 0.288. The SMILES string of the molecule is c1ccc(-c2cccc(-c3ccccc3)c2N2c3cc4c(cc3B3c5ccccc5N(c5cccc6sc7ccccc7c56)c5cc(N(c6ccccc6)c6ccccc6)cc2c53)B2c3ccccc3Oc3cc(N(c5ccccc5)c5cccc6c5sc5ccccc56)cc(c32)N4c2cccc3sc4ccccc4c23)cc1. The van der Waals surface area contributed by atoms with Gasteiger partial charge in [-0.2, -0.15) is 0 Å². The van der Waals surface area contributed by atoms with Gasteiger partial charge in [0.05, 0.1) is 38.8 Å². The summed E-state index contributed by atoms with van der Waals surface area (Å²) < 4.78 is 15.1. The molecule has 0 radical (unpaired) electrons. The van der Waals surface area contributed by atoms with Gasteiger partial charge >= 0.3 is 0 Å². The third kappa shape index (κ3) is 9.79. The number of nitrogens with zero attached hydrogens (tertiary/aromatic N) is 5. The van der Waals surface area contributed by atoms with Crippen LogP contribution in [-0.4, -0.2) is 13.4 Å². The van der Waals surface area contributed by atoms with Crippen molar-refractivity contribution in [2.75, 3.05) is 24.5 Å². The molecule has 17 aromatic carbocycles. The van der Waals surface area contributed by atoms with Crippen LogP contribution >= 0.6 is 34.0 Å². The van der Waals surface area contributed by atoms with Crippen LogP contribution in [0, 0.1) is 0 Å². The molecule has 3 aromatic heterocycles. The first kappa shape index (κ1) is 64.2. The van der Waals surface area contributed by atoms with Gasteiger partial charge in [0.2, 0.25) is 0 Å². The van der Waals surface area contributed by atoms with E-state index in [1.807, 2.05) is 34.0 Å². The van der Waals surface area contributed by atoms with Crippen molar-refractivity contribution in [1.29, 1.82) is 0 Å². The van der Waals surface area contributed by atoms with Crippen LogP contribution in [0.15, 0.2) is 382 Å². The van der Waals surface area contributed by atoms with Gasteiger partial charge in [0.1, 0.15) is 11.5 Å². The zero-order valence-electron chi connectivity index (χ0n) is 60.9. The lowest BCUT2D eigenvalue weighted by molar-refractivity contribution is 0.487. The minimum atomic E-state index is -0.297. The van der Waals surface area contributed by atoms with E-state index in [9.17, 15) is 0 Å². The fourth-order valence-electron chi connectivity index (χ4n) is 19.0. The largest absolute Gasteiger partial charge is 0.458 e. The van der Waals surface area contributed by atoms with Crippen molar-refractivity contribution in [3.05, 3.63) is 382 Å². The Kier molecular flexibility index (Phi) is 14.5. The fraction of sp³-hybridized carbons (Fsp3) is 0. The van der Waals surface area contributed by atoms with Crippen molar-refractivity contribution >= 4 is 226 Å². The van der Waals surface area contributed by atoms with Gasteiger partial charge in [0.25, 0.3) is 13.4 Å². The van der Waals surface area contributed by atoms with Crippen LogP contribution in [0.25, 0.3) is 82.8 Å². The first-order valence-electron chi connectivity index (χ1n) is 38.6. The second kappa shape index (κ2) is 25.4. The van der Waals surface area contributed by atoms with Gasteiger partial charge in [-0.3, -0.25) is 0 Å². The lowest BCUT2D eigenvalue weighted by atomic mass is 9.30. The minimum Gasteiger partial charge on any atom is -0.458 e. The van der Waals surface area contributed by atoms with Crippen molar-refractivity contribution in [1.82, 2.24) is 0 Å². The Bertz CT molecular complexity index is 7200. The first-order valence-corrected chi connectivity index (χ1v) is 41.0. The normalized spacial score (nSPS) is 12.9. The Morgan fingerprint density at radius 1 is 0.248 bits per heavy atom. The van der Waals surface area contributed by atoms with E-state index in [1.165, 1.54) is 82.4 Å². The van der Waals surface area contributed by atoms with Crippen molar-refractivity contribution in [2.45, 2.75) is 0 Å². The standard InChI is InChI=1S/C102H63B2N5OS3/c1-6-30-64(31-7-1)71-43-26-44-72(65-32-8-2-9-33-65)101(71)109-86-63-85-79(62-80(86)103-77-46-19-21-48-81(77)107(82-49-28-56-95-97(82)75-41-17-24-54-93(75)111-95)87-58-69(59-88(109)99(87)103)105(66-34-10-3-11-35-66)67-36-12-4-13-37-67)104-78-47-20-22-52-90(78)110-91-61-70(60-89(100(91)104)108(85)83-50-29-57-96-98(83)76-42-18-25-55-94(76)112-96)106(68-38-14-5-15-39-68)84-51-27-45-74-73-40-16-23-53-92(73)113-102(74)84/h1-63H. The molecular weight excluding hydrogens is 1430 g/mol. The molecule has 0 spiro atoms. The molecule has 4 aliphatic heterocycles. The average Bonchev–Trinajstić information content (AvgIpc) is 1.10. The molecule has 0 bridgehead atoms. The highest BCUT2D eigenvalue weighted by Crippen LogP contribution is 2.57. The summed E-state index contributed by atoms with van der Waals surface area (Å²) in [6.45, 7) is -0.585. The predicted octanol–water partition coefficient (Wildman–Crippen LogP) is 25.6. The molecule has 24 rings (SSSR count). The van der Waals surface area contributed by atoms with E-state index in [2.05, 4.69) is 407 Å². The maximum absolute atomic E-state index is 7.66. The summed E-state index contributed by atoms with van der Waals surface area (Å²) in [5, 5.41) is 7.38. The number of fused-ring (bicyclic) bond motifs is 17. The number of para-hydroxylation sites is 6. The number of benzene rings is 17. The van der Waals surface area contributed by atoms with E-state index in [1.54, 1.807) is 0 Å². The highest BCUT2D eigenvalue weighted by molar-refractivity contribution is 7.27. The van der Waals surface area contributed by atoms with E-state index in [0.29, 0.717) is 0 Å². The number of rotatable bonds is 11. The first-order chi connectivity index (χ1) is 56.1.